The molecule has 5 N–H and O–H groups in total. The largest absolute Gasteiger partial charge is 0.478 e. The molecule has 0 aliphatic rings. The molecule has 0 bridgehead atoms. The SMILES string of the molecule is Cc1cc(N[C@H](CCCCNS(=O)(=O)c2ccc(C(=O)O)cc2)C(=O)NO)cc(C)c1F. The van der Waals surface area contributed by atoms with Gasteiger partial charge in [0.15, 0.2) is 0 Å². The molecular formula is C21H26FN3O6S. The van der Waals surface area contributed by atoms with Gasteiger partial charge in [0, 0.05) is 12.2 Å². The van der Waals surface area contributed by atoms with E-state index in [0.29, 0.717) is 29.7 Å². The number of hydrogen-bond acceptors (Lipinski definition) is 6. The van der Waals surface area contributed by atoms with Crippen molar-refractivity contribution in [1.82, 2.24) is 10.2 Å². The average Bonchev–Trinajstić information content (AvgIpc) is 2.75. The summed E-state index contributed by atoms with van der Waals surface area (Å²) >= 11 is 0. The Morgan fingerprint density at radius 2 is 1.66 bits per heavy atom. The van der Waals surface area contributed by atoms with Crippen molar-refractivity contribution < 1.29 is 32.7 Å². The summed E-state index contributed by atoms with van der Waals surface area (Å²) in [6, 6.07) is 7.16. The first-order valence-electron chi connectivity index (χ1n) is 9.85. The molecule has 174 valence electrons. The molecule has 0 heterocycles. The summed E-state index contributed by atoms with van der Waals surface area (Å²) in [7, 11) is -3.80. The van der Waals surface area contributed by atoms with Crippen molar-refractivity contribution in [2.45, 2.75) is 44.0 Å². The normalized spacial score (nSPS) is 12.2. The number of sulfonamides is 1. The van der Waals surface area contributed by atoms with Crippen LogP contribution in [0, 0.1) is 19.7 Å². The molecule has 0 saturated carbocycles. The summed E-state index contributed by atoms with van der Waals surface area (Å²) in [6.07, 6.45) is 1.15. The van der Waals surface area contributed by atoms with Crippen molar-refractivity contribution in [2.75, 3.05) is 11.9 Å². The lowest BCUT2D eigenvalue weighted by atomic mass is 10.1. The number of carboxylic acid groups (broad SMARTS) is 1. The molecule has 2 aromatic rings. The molecule has 11 heteroatoms. The molecule has 32 heavy (non-hydrogen) atoms. The van der Waals surface area contributed by atoms with Crippen LogP contribution in [-0.2, 0) is 14.8 Å². The van der Waals surface area contributed by atoms with Crippen LogP contribution in [-0.4, -0.2) is 43.2 Å². The minimum Gasteiger partial charge on any atom is -0.478 e. The van der Waals surface area contributed by atoms with Crippen molar-refractivity contribution in [3.8, 4) is 0 Å². The molecule has 0 aliphatic carbocycles. The Balaban J connectivity index is 1.90. The number of rotatable bonds is 11. The molecule has 1 amide bonds. The fourth-order valence-corrected chi connectivity index (χ4v) is 4.19. The van der Waals surface area contributed by atoms with Gasteiger partial charge in [0.05, 0.1) is 10.5 Å². The number of hydroxylamine groups is 1. The van der Waals surface area contributed by atoms with Gasteiger partial charge in [-0.2, -0.15) is 0 Å². The lowest BCUT2D eigenvalue weighted by Gasteiger charge is -2.19. The highest BCUT2D eigenvalue weighted by molar-refractivity contribution is 7.89. The number of amides is 1. The first-order valence-corrected chi connectivity index (χ1v) is 11.3. The molecule has 9 nitrogen and oxygen atoms in total. The van der Waals surface area contributed by atoms with E-state index in [9.17, 15) is 22.4 Å². The third-order valence-corrected chi connectivity index (χ3v) is 6.30. The quantitative estimate of drug-likeness (QED) is 0.194. The van der Waals surface area contributed by atoms with Crippen molar-refractivity contribution in [3.05, 3.63) is 58.9 Å². The Morgan fingerprint density at radius 1 is 1.06 bits per heavy atom. The molecule has 2 rings (SSSR count). The molecule has 0 unspecified atom stereocenters. The number of benzene rings is 2. The van der Waals surface area contributed by atoms with Gasteiger partial charge in [-0.15, -0.1) is 0 Å². The van der Waals surface area contributed by atoms with Gasteiger partial charge in [-0.05, 0) is 80.6 Å². The number of unbranched alkanes of at least 4 members (excludes halogenated alkanes) is 1. The fraction of sp³-hybridized carbons (Fsp3) is 0.333. The van der Waals surface area contributed by atoms with Gasteiger partial charge in [-0.1, -0.05) is 0 Å². The average molecular weight is 468 g/mol. The van der Waals surface area contributed by atoms with Crippen molar-refractivity contribution in [1.29, 1.82) is 0 Å². The molecule has 0 fully saturated rings. The third-order valence-electron chi connectivity index (χ3n) is 4.83. The fourth-order valence-electron chi connectivity index (χ4n) is 3.12. The number of halogens is 1. The van der Waals surface area contributed by atoms with Gasteiger partial charge < -0.3 is 10.4 Å². The number of aryl methyl sites for hydroxylation is 2. The van der Waals surface area contributed by atoms with Gasteiger partial charge in [0.25, 0.3) is 5.91 Å². The van der Waals surface area contributed by atoms with Crippen LogP contribution in [0.4, 0.5) is 10.1 Å². The summed E-state index contributed by atoms with van der Waals surface area (Å²) in [6.45, 7) is 3.32. The van der Waals surface area contributed by atoms with Crippen LogP contribution in [0.1, 0.15) is 40.7 Å². The smallest absolute Gasteiger partial charge is 0.335 e. The van der Waals surface area contributed by atoms with E-state index in [-0.39, 0.29) is 29.2 Å². The maximum atomic E-state index is 13.8. The van der Waals surface area contributed by atoms with Crippen LogP contribution in [0.5, 0.6) is 0 Å². The van der Waals surface area contributed by atoms with E-state index in [4.69, 9.17) is 10.3 Å². The van der Waals surface area contributed by atoms with Crippen LogP contribution in [0.3, 0.4) is 0 Å². The highest BCUT2D eigenvalue weighted by Gasteiger charge is 2.19. The monoisotopic (exact) mass is 467 g/mol. The van der Waals surface area contributed by atoms with E-state index in [1.165, 1.54) is 24.3 Å². The van der Waals surface area contributed by atoms with Crippen LogP contribution < -0.4 is 15.5 Å². The Morgan fingerprint density at radius 3 is 2.19 bits per heavy atom. The van der Waals surface area contributed by atoms with E-state index < -0.39 is 27.9 Å². The highest BCUT2D eigenvalue weighted by Crippen LogP contribution is 2.20. The van der Waals surface area contributed by atoms with Crippen LogP contribution in [0.15, 0.2) is 41.3 Å². The number of carboxylic acids is 1. The summed E-state index contributed by atoms with van der Waals surface area (Å²) < 4.78 is 40.8. The van der Waals surface area contributed by atoms with Gasteiger partial charge in [-0.25, -0.2) is 27.8 Å². The van der Waals surface area contributed by atoms with Gasteiger partial charge in [-0.3, -0.25) is 10.0 Å². The second-order valence-electron chi connectivity index (χ2n) is 7.32. The zero-order valence-electron chi connectivity index (χ0n) is 17.7. The standard InChI is InChI=1S/C21H26FN3O6S/c1-13-11-16(12-14(2)19(13)22)24-18(20(26)25-29)5-3-4-10-23-32(30,31)17-8-6-15(7-9-17)21(27)28/h6-9,11-12,18,23-24,29H,3-5,10H2,1-2H3,(H,25,26)(H,27,28)/t18-/m1/s1. The maximum absolute atomic E-state index is 13.8. The first-order chi connectivity index (χ1) is 15.0. The summed E-state index contributed by atoms with van der Waals surface area (Å²) in [4.78, 5) is 22.8. The van der Waals surface area contributed by atoms with E-state index >= 15 is 0 Å². The number of carbonyl (C=O) groups is 2. The molecule has 0 spiro atoms. The topological polar surface area (TPSA) is 145 Å². The number of carbonyl (C=O) groups excluding carboxylic acids is 1. The number of hydrogen-bond donors (Lipinski definition) is 5. The zero-order valence-corrected chi connectivity index (χ0v) is 18.5. The maximum Gasteiger partial charge on any atom is 0.335 e. The lowest BCUT2D eigenvalue weighted by Crippen LogP contribution is -2.38. The molecule has 0 aromatic heterocycles. The number of aromatic carboxylic acids is 1. The Bertz CT molecular complexity index is 1050. The second-order valence-corrected chi connectivity index (χ2v) is 9.09. The van der Waals surface area contributed by atoms with Crippen LogP contribution >= 0.6 is 0 Å². The van der Waals surface area contributed by atoms with Gasteiger partial charge in [0.2, 0.25) is 10.0 Å². The Kier molecular flexibility index (Phi) is 8.70. The summed E-state index contributed by atoms with van der Waals surface area (Å²) in [5, 5.41) is 20.8. The van der Waals surface area contributed by atoms with Gasteiger partial charge in [0.1, 0.15) is 11.9 Å². The Hall–Kier alpha value is -3.02. The zero-order chi connectivity index (χ0) is 23.9. The third kappa shape index (κ3) is 6.74. The van der Waals surface area contributed by atoms with Gasteiger partial charge >= 0.3 is 5.97 Å². The Labute approximate surface area is 185 Å². The summed E-state index contributed by atoms with van der Waals surface area (Å²) in [5.41, 5.74) is 2.94. The second kappa shape index (κ2) is 11.0. The van der Waals surface area contributed by atoms with E-state index in [1.54, 1.807) is 31.5 Å². The molecule has 0 aliphatic heterocycles. The molecule has 0 radical (unpaired) electrons. The van der Waals surface area contributed by atoms with E-state index in [0.717, 1.165) is 0 Å². The van der Waals surface area contributed by atoms with E-state index in [1.807, 2.05) is 0 Å². The number of anilines is 1. The molecular weight excluding hydrogens is 441 g/mol. The number of nitrogens with one attached hydrogen (secondary N) is 3. The van der Waals surface area contributed by atoms with Crippen molar-refractivity contribution >= 4 is 27.6 Å². The predicted molar refractivity (Wildman–Crippen MR) is 116 cm³/mol. The van der Waals surface area contributed by atoms with Crippen LogP contribution in [0.25, 0.3) is 0 Å². The lowest BCUT2D eigenvalue weighted by molar-refractivity contribution is -0.130. The van der Waals surface area contributed by atoms with Crippen molar-refractivity contribution in [3.63, 3.8) is 0 Å². The minimum absolute atomic E-state index is 0.0174. The highest BCUT2D eigenvalue weighted by atomic mass is 32.2. The molecule has 2 aromatic carbocycles. The molecule has 1 atom stereocenters. The summed E-state index contributed by atoms with van der Waals surface area (Å²) in [5.74, 6) is -2.14. The predicted octanol–water partition coefficient (Wildman–Crippen LogP) is 2.58. The van der Waals surface area contributed by atoms with Crippen molar-refractivity contribution in [2.24, 2.45) is 0 Å². The molecule has 0 saturated heterocycles. The van der Waals surface area contributed by atoms with E-state index in [2.05, 4.69) is 10.0 Å². The first kappa shape index (κ1) is 25.2. The van der Waals surface area contributed by atoms with Crippen LogP contribution in [0.2, 0.25) is 0 Å². The minimum atomic E-state index is -3.80.